The first-order valence-corrected chi connectivity index (χ1v) is 9.51. The van der Waals surface area contributed by atoms with E-state index in [0.717, 1.165) is 43.2 Å². The van der Waals surface area contributed by atoms with Crippen molar-refractivity contribution in [3.05, 3.63) is 47.9 Å². The maximum absolute atomic E-state index is 14.2. The number of ether oxygens (including phenoxy) is 1. The van der Waals surface area contributed by atoms with E-state index in [0.29, 0.717) is 5.69 Å². The highest BCUT2D eigenvalue weighted by Crippen LogP contribution is 2.25. The molecular formula is C21H28FN3O2. The summed E-state index contributed by atoms with van der Waals surface area (Å²) in [6.07, 6.45) is 0. The summed E-state index contributed by atoms with van der Waals surface area (Å²) in [6.45, 7) is 7.54. The van der Waals surface area contributed by atoms with Crippen molar-refractivity contribution < 1.29 is 14.2 Å². The van der Waals surface area contributed by atoms with Crippen LogP contribution in [0.4, 0.5) is 10.1 Å². The second-order valence-electron chi connectivity index (χ2n) is 7.19. The summed E-state index contributed by atoms with van der Waals surface area (Å²) in [7, 11) is 0. The average molecular weight is 373 g/mol. The minimum absolute atomic E-state index is 0.0145. The van der Waals surface area contributed by atoms with Crippen LogP contribution in [0.2, 0.25) is 0 Å². The number of nitrogens with zero attached hydrogens (tertiary/aromatic N) is 2. The normalized spacial score (nSPS) is 16.0. The lowest BCUT2D eigenvalue weighted by molar-refractivity contribution is 0.122. The highest BCUT2D eigenvalue weighted by molar-refractivity contribution is 5.66. The molecule has 2 heterocycles. The van der Waals surface area contributed by atoms with Gasteiger partial charge in [-0.3, -0.25) is 0 Å². The number of aliphatic hydroxyl groups is 1. The molecule has 1 aromatic carbocycles. The number of anilines is 1. The van der Waals surface area contributed by atoms with Crippen molar-refractivity contribution in [1.82, 2.24) is 10.3 Å². The topological polar surface area (TPSA) is 57.6 Å². The van der Waals surface area contributed by atoms with E-state index < -0.39 is 0 Å². The van der Waals surface area contributed by atoms with Crippen LogP contribution in [0.25, 0.3) is 11.3 Å². The molecule has 27 heavy (non-hydrogen) atoms. The Morgan fingerprint density at radius 2 is 2.00 bits per heavy atom. The van der Waals surface area contributed by atoms with Gasteiger partial charge in [0.15, 0.2) is 0 Å². The Hall–Kier alpha value is -2.02. The first kappa shape index (κ1) is 19.7. The Balaban J connectivity index is 1.79. The van der Waals surface area contributed by atoms with Gasteiger partial charge in [0.25, 0.3) is 0 Å². The fraction of sp³-hybridized carbons (Fsp3) is 0.476. The number of aliphatic hydroxyl groups excluding tert-OH is 1. The molecular weight excluding hydrogens is 345 g/mol. The van der Waals surface area contributed by atoms with Crippen molar-refractivity contribution in [2.24, 2.45) is 5.92 Å². The summed E-state index contributed by atoms with van der Waals surface area (Å²) in [5.74, 6) is -0.0810. The van der Waals surface area contributed by atoms with Gasteiger partial charge in [0.2, 0.25) is 0 Å². The Kier molecular flexibility index (Phi) is 6.77. The molecule has 1 aromatic heterocycles. The number of halogens is 1. The van der Waals surface area contributed by atoms with Gasteiger partial charge in [0.1, 0.15) is 5.82 Å². The second-order valence-corrected chi connectivity index (χ2v) is 7.19. The van der Waals surface area contributed by atoms with Gasteiger partial charge in [-0.25, -0.2) is 9.37 Å². The van der Waals surface area contributed by atoms with Crippen LogP contribution in [0.5, 0.6) is 0 Å². The summed E-state index contributed by atoms with van der Waals surface area (Å²) < 4.78 is 19.6. The van der Waals surface area contributed by atoms with Crippen molar-refractivity contribution >= 4 is 5.69 Å². The molecule has 2 aromatic rings. The number of benzene rings is 1. The zero-order valence-corrected chi connectivity index (χ0v) is 16.0. The van der Waals surface area contributed by atoms with Crippen LogP contribution < -0.4 is 10.2 Å². The molecule has 1 saturated heterocycles. The lowest BCUT2D eigenvalue weighted by Gasteiger charge is -2.29. The molecule has 0 unspecified atom stereocenters. The van der Waals surface area contributed by atoms with Crippen LogP contribution in [-0.2, 0) is 11.3 Å². The minimum Gasteiger partial charge on any atom is -0.395 e. The van der Waals surface area contributed by atoms with Crippen LogP contribution >= 0.6 is 0 Å². The van der Waals surface area contributed by atoms with Gasteiger partial charge in [0.05, 0.1) is 31.2 Å². The Bertz CT molecular complexity index is 748. The van der Waals surface area contributed by atoms with Gasteiger partial charge < -0.3 is 20.1 Å². The third-order valence-electron chi connectivity index (χ3n) is 4.97. The van der Waals surface area contributed by atoms with Gasteiger partial charge >= 0.3 is 0 Å². The largest absolute Gasteiger partial charge is 0.395 e. The quantitative estimate of drug-likeness (QED) is 0.782. The van der Waals surface area contributed by atoms with E-state index in [1.165, 1.54) is 6.07 Å². The average Bonchev–Trinajstić information content (AvgIpc) is 2.70. The smallest absolute Gasteiger partial charge is 0.146 e. The van der Waals surface area contributed by atoms with Crippen LogP contribution in [0.1, 0.15) is 19.5 Å². The molecule has 0 spiro atoms. The fourth-order valence-electron chi connectivity index (χ4n) is 3.19. The molecule has 1 fully saturated rings. The molecule has 1 atom stereocenters. The van der Waals surface area contributed by atoms with Gasteiger partial charge in [-0.1, -0.05) is 26.0 Å². The van der Waals surface area contributed by atoms with Crippen molar-refractivity contribution in [1.29, 1.82) is 0 Å². The maximum Gasteiger partial charge on any atom is 0.146 e. The van der Waals surface area contributed by atoms with E-state index >= 15 is 0 Å². The second kappa shape index (κ2) is 9.26. The molecule has 0 bridgehead atoms. The monoisotopic (exact) mass is 373 g/mol. The molecule has 0 saturated carbocycles. The molecule has 1 aliphatic rings. The van der Waals surface area contributed by atoms with Crippen molar-refractivity contribution in [3.8, 4) is 11.3 Å². The van der Waals surface area contributed by atoms with Gasteiger partial charge in [0, 0.05) is 36.9 Å². The van der Waals surface area contributed by atoms with E-state index in [1.807, 2.05) is 26.0 Å². The van der Waals surface area contributed by atoms with Crippen LogP contribution in [0.15, 0.2) is 36.4 Å². The molecule has 0 radical (unpaired) electrons. The maximum atomic E-state index is 14.2. The number of pyridine rings is 1. The minimum atomic E-state index is -0.337. The van der Waals surface area contributed by atoms with E-state index in [4.69, 9.17) is 4.74 Å². The molecule has 0 amide bonds. The lowest BCUT2D eigenvalue weighted by atomic mass is 10.1. The first-order chi connectivity index (χ1) is 13.1. The zero-order chi connectivity index (χ0) is 19.2. The van der Waals surface area contributed by atoms with E-state index in [1.54, 1.807) is 6.07 Å². The Morgan fingerprint density at radius 3 is 2.70 bits per heavy atom. The summed E-state index contributed by atoms with van der Waals surface area (Å²) in [4.78, 5) is 6.82. The summed E-state index contributed by atoms with van der Waals surface area (Å²) >= 11 is 0. The van der Waals surface area contributed by atoms with Crippen LogP contribution in [0, 0.1) is 11.7 Å². The van der Waals surface area contributed by atoms with E-state index in [9.17, 15) is 9.50 Å². The third-order valence-corrected chi connectivity index (χ3v) is 4.97. The number of nitrogens with one attached hydrogen (secondary N) is 1. The highest BCUT2D eigenvalue weighted by atomic mass is 19.1. The van der Waals surface area contributed by atoms with Gasteiger partial charge in [-0.2, -0.15) is 0 Å². The van der Waals surface area contributed by atoms with E-state index in [2.05, 4.69) is 27.3 Å². The SMILES string of the molecule is CC(C)[C@H](CO)NCc1nc(-c2cccc(N3CCOCC3)c2)ccc1F. The number of morpholine rings is 1. The molecule has 6 heteroatoms. The van der Waals surface area contributed by atoms with Gasteiger partial charge in [-0.05, 0) is 30.2 Å². The first-order valence-electron chi connectivity index (χ1n) is 9.51. The summed E-state index contributed by atoms with van der Waals surface area (Å²) in [6, 6.07) is 11.3. The molecule has 2 N–H and O–H groups in total. The summed E-state index contributed by atoms with van der Waals surface area (Å²) in [5, 5.41) is 12.6. The molecule has 0 aliphatic carbocycles. The lowest BCUT2D eigenvalue weighted by Crippen LogP contribution is -2.37. The predicted octanol–water partition coefficient (Wildman–Crippen LogP) is 2.83. The standard InChI is InChI=1S/C21H28FN3O2/c1-15(2)21(14-26)23-13-20-18(22)6-7-19(24-20)16-4-3-5-17(12-16)25-8-10-27-11-9-25/h3-7,12,15,21,23,26H,8-11,13-14H2,1-2H3/t21-/m0/s1. The molecule has 146 valence electrons. The Morgan fingerprint density at radius 1 is 1.22 bits per heavy atom. The van der Waals surface area contributed by atoms with Crippen molar-refractivity contribution in [3.63, 3.8) is 0 Å². The van der Waals surface area contributed by atoms with E-state index in [-0.39, 0.29) is 30.9 Å². The van der Waals surface area contributed by atoms with Crippen molar-refractivity contribution in [2.45, 2.75) is 26.4 Å². The number of rotatable bonds is 7. The Labute approximate surface area is 160 Å². The molecule has 5 nitrogen and oxygen atoms in total. The van der Waals surface area contributed by atoms with Gasteiger partial charge in [-0.15, -0.1) is 0 Å². The van der Waals surface area contributed by atoms with Crippen molar-refractivity contribution in [2.75, 3.05) is 37.8 Å². The fourth-order valence-corrected chi connectivity index (χ4v) is 3.19. The molecule has 1 aliphatic heterocycles. The highest BCUT2D eigenvalue weighted by Gasteiger charge is 2.15. The summed E-state index contributed by atoms with van der Waals surface area (Å²) in [5.41, 5.74) is 3.20. The predicted molar refractivity (Wildman–Crippen MR) is 105 cm³/mol. The zero-order valence-electron chi connectivity index (χ0n) is 16.0. The van der Waals surface area contributed by atoms with Crippen LogP contribution in [-0.4, -0.2) is 49.0 Å². The molecule has 3 rings (SSSR count). The number of hydrogen-bond acceptors (Lipinski definition) is 5. The van der Waals surface area contributed by atoms with Crippen LogP contribution in [0.3, 0.4) is 0 Å². The number of aromatic nitrogens is 1. The number of hydrogen-bond donors (Lipinski definition) is 2. The third kappa shape index (κ3) is 5.03.